The van der Waals surface area contributed by atoms with Gasteiger partial charge in [0.05, 0.1) is 0 Å². The van der Waals surface area contributed by atoms with Crippen molar-refractivity contribution in [2.24, 2.45) is 5.92 Å². The molecule has 1 aromatic rings. The number of aliphatic carboxylic acids is 1. The standard InChI is InChI=1S/C14H21N3O3/c1-11(2)9-17(10-13(18)19)14(20)16-7-5-12-4-3-6-15-8-12/h3-4,6,8,11H,5,7,9-10H2,1-2H3,(H,16,20)(H,18,19). The number of pyridine rings is 1. The van der Waals surface area contributed by atoms with Gasteiger partial charge >= 0.3 is 12.0 Å². The molecule has 0 atom stereocenters. The molecule has 0 spiro atoms. The molecule has 110 valence electrons. The molecule has 0 radical (unpaired) electrons. The maximum Gasteiger partial charge on any atom is 0.323 e. The van der Waals surface area contributed by atoms with E-state index in [0.717, 1.165) is 5.56 Å². The minimum atomic E-state index is -1.01. The lowest BCUT2D eigenvalue weighted by Gasteiger charge is -2.23. The molecule has 0 unspecified atom stereocenters. The van der Waals surface area contributed by atoms with Crippen molar-refractivity contribution < 1.29 is 14.7 Å². The van der Waals surface area contributed by atoms with E-state index in [0.29, 0.717) is 19.5 Å². The summed E-state index contributed by atoms with van der Waals surface area (Å²) in [4.78, 5) is 28.0. The quantitative estimate of drug-likeness (QED) is 0.790. The molecule has 0 saturated heterocycles. The van der Waals surface area contributed by atoms with Crippen LogP contribution in [0, 0.1) is 5.92 Å². The molecule has 0 aromatic carbocycles. The fourth-order valence-electron chi connectivity index (χ4n) is 1.79. The first kappa shape index (κ1) is 15.9. The van der Waals surface area contributed by atoms with Crippen LogP contribution in [0.4, 0.5) is 4.79 Å². The smallest absolute Gasteiger partial charge is 0.323 e. The molecule has 20 heavy (non-hydrogen) atoms. The van der Waals surface area contributed by atoms with Crippen LogP contribution >= 0.6 is 0 Å². The van der Waals surface area contributed by atoms with Gasteiger partial charge in [0, 0.05) is 25.5 Å². The van der Waals surface area contributed by atoms with Gasteiger partial charge < -0.3 is 15.3 Å². The highest BCUT2D eigenvalue weighted by atomic mass is 16.4. The Kier molecular flexibility index (Phi) is 6.49. The van der Waals surface area contributed by atoms with Crippen molar-refractivity contribution in [2.45, 2.75) is 20.3 Å². The van der Waals surface area contributed by atoms with Crippen LogP contribution in [-0.2, 0) is 11.2 Å². The zero-order chi connectivity index (χ0) is 15.0. The fraction of sp³-hybridized carbons (Fsp3) is 0.500. The molecule has 1 heterocycles. The number of nitrogens with one attached hydrogen (secondary N) is 1. The maximum atomic E-state index is 11.9. The van der Waals surface area contributed by atoms with Crippen LogP contribution in [0.25, 0.3) is 0 Å². The molecule has 2 N–H and O–H groups in total. The monoisotopic (exact) mass is 279 g/mol. The molecular formula is C14H21N3O3. The maximum absolute atomic E-state index is 11.9. The van der Waals surface area contributed by atoms with Crippen LogP contribution in [0.5, 0.6) is 0 Å². The number of nitrogens with zero attached hydrogens (tertiary/aromatic N) is 2. The number of hydrogen-bond acceptors (Lipinski definition) is 3. The lowest BCUT2D eigenvalue weighted by molar-refractivity contribution is -0.137. The first-order valence-electron chi connectivity index (χ1n) is 6.62. The predicted molar refractivity (Wildman–Crippen MR) is 75.4 cm³/mol. The highest BCUT2D eigenvalue weighted by molar-refractivity contribution is 5.80. The average Bonchev–Trinajstić information content (AvgIpc) is 2.38. The molecule has 6 heteroatoms. The first-order valence-corrected chi connectivity index (χ1v) is 6.62. The van der Waals surface area contributed by atoms with Gasteiger partial charge in [-0.15, -0.1) is 0 Å². The lowest BCUT2D eigenvalue weighted by Crippen LogP contribution is -2.45. The summed E-state index contributed by atoms with van der Waals surface area (Å²) in [6, 6.07) is 3.43. The Labute approximate surface area is 118 Å². The number of carbonyl (C=O) groups excluding carboxylic acids is 1. The molecule has 0 bridgehead atoms. The highest BCUT2D eigenvalue weighted by Crippen LogP contribution is 2.00. The minimum absolute atomic E-state index is 0.221. The summed E-state index contributed by atoms with van der Waals surface area (Å²) in [6.45, 7) is 4.48. The molecule has 0 saturated carbocycles. The number of hydrogen-bond donors (Lipinski definition) is 2. The third-order valence-corrected chi connectivity index (χ3v) is 2.61. The first-order chi connectivity index (χ1) is 9.49. The van der Waals surface area contributed by atoms with Crippen molar-refractivity contribution >= 4 is 12.0 Å². The van der Waals surface area contributed by atoms with E-state index in [4.69, 9.17) is 5.11 Å². The largest absolute Gasteiger partial charge is 0.480 e. The summed E-state index contributed by atoms with van der Waals surface area (Å²) in [7, 11) is 0. The Morgan fingerprint density at radius 2 is 2.20 bits per heavy atom. The van der Waals surface area contributed by atoms with Gasteiger partial charge in [-0.25, -0.2) is 4.79 Å². The number of rotatable bonds is 7. The topological polar surface area (TPSA) is 82.5 Å². The third kappa shape index (κ3) is 6.17. The van der Waals surface area contributed by atoms with E-state index in [1.807, 2.05) is 26.0 Å². The van der Waals surface area contributed by atoms with Crippen molar-refractivity contribution in [2.75, 3.05) is 19.6 Å². The van der Waals surface area contributed by atoms with Gasteiger partial charge in [-0.05, 0) is 24.0 Å². The summed E-state index contributed by atoms with van der Waals surface area (Å²) in [5.74, 6) is -0.786. The molecule has 0 aliphatic rings. The van der Waals surface area contributed by atoms with Crippen molar-refractivity contribution in [3.8, 4) is 0 Å². The zero-order valence-corrected chi connectivity index (χ0v) is 11.9. The summed E-state index contributed by atoms with van der Waals surface area (Å²) in [5.41, 5.74) is 1.03. The van der Waals surface area contributed by atoms with Crippen LogP contribution in [0.3, 0.4) is 0 Å². The van der Waals surface area contributed by atoms with Crippen molar-refractivity contribution in [1.82, 2.24) is 15.2 Å². The molecule has 2 amide bonds. The Bertz CT molecular complexity index is 435. The van der Waals surface area contributed by atoms with E-state index in [2.05, 4.69) is 10.3 Å². The van der Waals surface area contributed by atoms with Crippen molar-refractivity contribution in [1.29, 1.82) is 0 Å². The molecule has 6 nitrogen and oxygen atoms in total. The number of urea groups is 1. The van der Waals surface area contributed by atoms with E-state index < -0.39 is 5.97 Å². The van der Waals surface area contributed by atoms with Crippen molar-refractivity contribution in [3.05, 3.63) is 30.1 Å². The Hall–Kier alpha value is -2.11. The number of aromatic nitrogens is 1. The molecular weight excluding hydrogens is 258 g/mol. The van der Waals surface area contributed by atoms with Gasteiger partial charge in [0.1, 0.15) is 6.54 Å². The van der Waals surface area contributed by atoms with Gasteiger partial charge in [-0.2, -0.15) is 0 Å². The second-order valence-electron chi connectivity index (χ2n) is 5.01. The summed E-state index contributed by atoms with van der Waals surface area (Å²) >= 11 is 0. The Morgan fingerprint density at radius 3 is 2.75 bits per heavy atom. The number of amides is 2. The average molecular weight is 279 g/mol. The van der Waals surface area contributed by atoms with Gasteiger partial charge in [-0.3, -0.25) is 9.78 Å². The van der Waals surface area contributed by atoms with E-state index in [9.17, 15) is 9.59 Å². The van der Waals surface area contributed by atoms with Crippen LogP contribution in [-0.4, -0.2) is 46.6 Å². The minimum Gasteiger partial charge on any atom is -0.480 e. The van der Waals surface area contributed by atoms with E-state index in [1.54, 1.807) is 12.4 Å². The number of carbonyl (C=O) groups is 2. The van der Waals surface area contributed by atoms with Crippen LogP contribution < -0.4 is 5.32 Å². The summed E-state index contributed by atoms with van der Waals surface area (Å²) in [5, 5.41) is 11.6. The highest BCUT2D eigenvalue weighted by Gasteiger charge is 2.17. The summed E-state index contributed by atoms with van der Waals surface area (Å²) in [6.07, 6.45) is 4.11. The molecule has 0 aliphatic heterocycles. The SMILES string of the molecule is CC(C)CN(CC(=O)O)C(=O)NCCc1cccnc1. The van der Waals surface area contributed by atoms with Gasteiger partial charge in [0.2, 0.25) is 0 Å². The van der Waals surface area contributed by atoms with E-state index in [-0.39, 0.29) is 18.5 Å². The Balaban J connectivity index is 2.43. The molecule has 1 rings (SSSR count). The second kappa shape index (κ2) is 8.14. The van der Waals surface area contributed by atoms with Crippen molar-refractivity contribution in [3.63, 3.8) is 0 Å². The number of carboxylic acids is 1. The van der Waals surface area contributed by atoms with Crippen LogP contribution in [0.15, 0.2) is 24.5 Å². The van der Waals surface area contributed by atoms with Gasteiger partial charge in [0.15, 0.2) is 0 Å². The van der Waals surface area contributed by atoms with E-state index in [1.165, 1.54) is 4.90 Å². The third-order valence-electron chi connectivity index (χ3n) is 2.61. The second-order valence-corrected chi connectivity index (χ2v) is 5.01. The van der Waals surface area contributed by atoms with E-state index >= 15 is 0 Å². The lowest BCUT2D eigenvalue weighted by atomic mass is 10.2. The summed E-state index contributed by atoms with van der Waals surface area (Å²) < 4.78 is 0. The molecule has 0 fully saturated rings. The Morgan fingerprint density at radius 1 is 1.45 bits per heavy atom. The van der Waals surface area contributed by atoms with Crippen LogP contribution in [0.1, 0.15) is 19.4 Å². The number of carboxylic acid groups (broad SMARTS) is 1. The fourth-order valence-corrected chi connectivity index (χ4v) is 1.79. The predicted octanol–water partition coefficient (Wildman–Crippen LogP) is 1.38. The normalized spacial score (nSPS) is 10.3. The van der Waals surface area contributed by atoms with Crippen LogP contribution in [0.2, 0.25) is 0 Å². The zero-order valence-electron chi connectivity index (χ0n) is 11.9. The molecule has 1 aromatic heterocycles. The molecule has 0 aliphatic carbocycles. The van der Waals surface area contributed by atoms with Gasteiger partial charge in [0.25, 0.3) is 0 Å². The van der Waals surface area contributed by atoms with Gasteiger partial charge in [-0.1, -0.05) is 19.9 Å².